The van der Waals surface area contributed by atoms with Crippen molar-refractivity contribution in [2.45, 2.75) is 63.7 Å². The third-order valence-electron chi connectivity index (χ3n) is 7.13. The van der Waals surface area contributed by atoms with Gasteiger partial charge in [-0.15, -0.1) is 10.2 Å². The molecule has 0 spiro atoms. The molecule has 7 nitrogen and oxygen atoms in total. The molecule has 0 saturated heterocycles. The number of aromatic hydroxyl groups is 1. The first-order valence-electron chi connectivity index (χ1n) is 12.1. The zero-order chi connectivity index (χ0) is 24.5. The van der Waals surface area contributed by atoms with Crippen LogP contribution in [0.25, 0.3) is 22.5 Å². The third-order valence-corrected chi connectivity index (χ3v) is 7.13. The second-order valence-corrected chi connectivity index (χ2v) is 9.40. The van der Waals surface area contributed by atoms with Crippen molar-refractivity contribution in [1.82, 2.24) is 20.2 Å². The van der Waals surface area contributed by atoms with E-state index in [0.29, 0.717) is 34.8 Å². The van der Waals surface area contributed by atoms with Gasteiger partial charge >= 0.3 is 0 Å². The van der Waals surface area contributed by atoms with Gasteiger partial charge in [0.25, 0.3) is 5.95 Å². The van der Waals surface area contributed by atoms with E-state index in [9.17, 15) is 13.9 Å². The first-order chi connectivity index (χ1) is 17.0. The number of anilines is 1. The molecular weight excluding hydrogens is 452 g/mol. The fourth-order valence-corrected chi connectivity index (χ4v) is 4.97. The van der Waals surface area contributed by atoms with Crippen molar-refractivity contribution >= 4 is 5.82 Å². The molecule has 0 radical (unpaired) electrons. The zero-order valence-electron chi connectivity index (χ0n) is 19.9. The molecule has 3 aromatic rings. The number of nitrogens with zero attached hydrogens (tertiary/aromatic N) is 5. The van der Waals surface area contributed by atoms with Crippen LogP contribution in [0.5, 0.6) is 11.5 Å². The normalized spacial score (nSPS) is 22.1. The summed E-state index contributed by atoms with van der Waals surface area (Å²) >= 11 is 0. The Hall–Kier alpha value is -3.36. The minimum Gasteiger partial charge on any atom is -0.507 e. The smallest absolute Gasteiger partial charge is 0.255 e. The van der Waals surface area contributed by atoms with Gasteiger partial charge in [0.1, 0.15) is 11.9 Å². The number of benzene rings is 1. The molecule has 2 saturated carbocycles. The van der Waals surface area contributed by atoms with Crippen LogP contribution in [0, 0.1) is 11.9 Å². The fourth-order valence-electron chi connectivity index (χ4n) is 4.97. The van der Waals surface area contributed by atoms with Crippen LogP contribution in [0.15, 0.2) is 36.7 Å². The largest absolute Gasteiger partial charge is 0.507 e. The maximum absolute atomic E-state index is 14.9. The van der Waals surface area contributed by atoms with E-state index in [1.165, 1.54) is 25.4 Å². The number of pyridine rings is 1. The summed E-state index contributed by atoms with van der Waals surface area (Å²) < 4.78 is 33.6. The molecular formula is C26H29F2N5O2. The van der Waals surface area contributed by atoms with E-state index in [4.69, 9.17) is 4.74 Å². The highest BCUT2D eigenvalue weighted by atomic mass is 19.1. The van der Waals surface area contributed by atoms with Gasteiger partial charge in [-0.25, -0.2) is 14.4 Å². The Morgan fingerprint density at radius 1 is 1.06 bits per heavy atom. The SMILES string of the molecule is CC[C@@H]1CC[C@H](F)[C@H](N(c2cnc(-c3ccc(-c4cnc(F)c(OC)c4)cc3O)nn2)C2CC2)C1. The first kappa shape index (κ1) is 23.4. The average Bonchev–Trinajstić information content (AvgIpc) is 3.71. The van der Waals surface area contributed by atoms with Crippen LogP contribution < -0.4 is 9.64 Å². The predicted octanol–water partition coefficient (Wildman–Crippen LogP) is 5.34. The van der Waals surface area contributed by atoms with Crippen molar-refractivity contribution in [3.8, 4) is 34.0 Å². The zero-order valence-corrected chi connectivity index (χ0v) is 19.9. The molecule has 1 aromatic carbocycles. The van der Waals surface area contributed by atoms with E-state index < -0.39 is 12.1 Å². The van der Waals surface area contributed by atoms with E-state index >= 15 is 0 Å². The van der Waals surface area contributed by atoms with Gasteiger partial charge in [-0.3, -0.25) is 0 Å². The number of aromatic nitrogens is 4. The summed E-state index contributed by atoms with van der Waals surface area (Å²) in [6, 6.07) is 6.58. The number of halogens is 2. The quantitative estimate of drug-likeness (QED) is 0.456. The van der Waals surface area contributed by atoms with Crippen molar-refractivity contribution in [1.29, 1.82) is 0 Å². The van der Waals surface area contributed by atoms with Gasteiger partial charge in [0.05, 0.1) is 24.9 Å². The van der Waals surface area contributed by atoms with Crippen LogP contribution in [0.3, 0.4) is 0 Å². The summed E-state index contributed by atoms with van der Waals surface area (Å²) in [5.41, 5.74) is 1.65. The van der Waals surface area contributed by atoms with Crippen molar-refractivity contribution in [2.75, 3.05) is 12.0 Å². The predicted molar refractivity (Wildman–Crippen MR) is 128 cm³/mol. The van der Waals surface area contributed by atoms with Crippen LogP contribution in [-0.2, 0) is 0 Å². The Bertz CT molecular complexity index is 1190. The summed E-state index contributed by atoms with van der Waals surface area (Å²) in [5, 5.41) is 19.3. The Morgan fingerprint density at radius 3 is 2.54 bits per heavy atom. The molecule has 2 heterocycles. The van der Waals surface area contributed by atoms with Crippen molar-refractivity contribution in [2.24, 2.45) is 5.92 Å². The van der Waals surface area contributed by atoms with Gasteiger partial charge in [-0.1, -0.05) is 19.4 Å². The van der Waals surface area contributed by atoms with Crippen LogP contribution >= 0.6 is 0 Å². The van der Waals surface area contributed by atoms with E-state index in [2.05, 4.69) is 32.0 Å². The second-order valence-electron chi connectivity index (χ2n) is 9.40. The summed E-state index contributed by atoms with van der Waals surface area (Å²) in [6.45, 7) is 2.17. The van der Waals surface area contributed by atoms with Crippen LogP contribution in [0.4, 0.5) is 14.6 Å². The maximum atomic E-state index is 14.9. The molecule has 0 unspecified atom stereocenters. The number of hydrogen-bond acceptors (Lipinski definition) is 7. The van der Waals surface area contributed by atoms with Gasteiger partial charge in [-0.2, -0.15) is 4.39 Å². The van der Waals surface area contributed by atoms with Gasteiger partial charge in [0, 0.05) is 17.8 Å². The molecule has 2 fully saturated rings. The van der Waals surface area contributed by atoms with E-state index in [-0.39, 0.29) is 29.4 Å². The van der Waals surface area contributed by atoms with Gasteiger partial charge in [0.15, 0.2) is 17.4 Å². The minimum atomic E-state index is -0.879. The highest BCUT2D eigenvalue weighted by molar-refractivity contribution is 5.73. The van der Waals surface area contributed by atoms with Crippen LogP contribution in [0.2, 0.25) is 0 Å². The Labute approximate surface area is 203 Å². The minimum absolute atomic E-state index is 0.0214. The first-order valence-corrected chi connectivity index (χ1v) is 12.1. The fraction of sp³-hybridized carbons (Fsp3) is 0.462. The number of phenols is 1. The summed E-state index contributed by atoms with van der Waals surface area (Å²) in [7, 11) is 1.37. The number of phenolic OH excluding ortho intramolecular Hbond substituents is 1. The van der Waals surface area contributed by atoms with E-state index in [1.54, 1.807) is 18.3 Å². The standard InChI is InChI=1S/C26H29F2N5O2/c1-3-15-4-9-20(27)21(10-15)33(18-6-7-18)24-14-30-26(32-31-24)19-8-5-16(11-22(19)34)17-12-23(35-2)25(28)29-13-17/h5,8,11-15,18,20-21,34H,3-4,6-7,9-10H2,1-2H3/t15-,20+,21-/m1/s1. The monoisotopic (exact) mass is 481 g/mol. The number of hydrogen-bond donors (Lipinski definition) is 1. The number of methoxy groups -OCH3 is 1. The lowest BCUT2D eigenvalue weighted by Crippen LogP contribution is -2.47. The second kappa shape index (κ2) is 9.71. The Morgan fingerprint density at radius 2 is 1.89 bits per heavy atom. The average molecular weight is 482 g/mol. The molecule has 9 heteroatoms. The Kier molecular flexibility index (Phi) is 6.49. The van der Waals surface area contributed by atoms with Gasteiger partial charge < -0.3 is 14.7 Å². The molecule has 0 aliphatic heterocycles. The summed E-state index contributed by atoms with van der Waals surface area (Å²) in [6.07, 6.45) is 7.57. The van der Waals surface area contributed by atoms with Gasteiger partial charge in [0.2, 0.25) is 0 Å². The third kappa shape index (κ3) is 4.76. The van der Waals surface area contributed by atoms with Crippen LogP contribution in [-0.4, -0.2) is 50.6 Å². The molecule has 35 heavy (non-hydrogen) atoms. The molecule has 0 amide bonds. The topological polar surface area (TPSA) is 84.3 Å². The summed E-state index contributed by atoms with van der Waals surface area (Å²) in [5.74, 6) is 0.667. The number of rotatable bonds is 7. The molecule has 184 valence electrons. The Balaban J connectivity index is 1.39. The lowest BCUT2D eigenvalue weighted by Gasteiger charge is -2.40. The lowest BCUT2D eigenvalue weighted by molar-refractivity contribution is 0.166. The number of alkyl halides is 1. The molecule has 2 aromatic heterocycles. The van der Waals surface area contributed by atoms with E-state index in [0.717, 1.165) is 32.1 Å². The lowest BCUT2D eigenvalue weighted by atomic mass is 9.82. The highest BCUT2D eigenvalue weighted by Crippen LogP contribution is 2.40. The summed E-state index contributed by atoms with van der Waals surface area (Å²) in [4.78, 5) is 10.2. The van der Waals surface area contributed by atoms with Crippen LogP contribution in [0.1, 0.15) is 45.4 Å². The van der Waals surface area contributed by atoms with Crippen molar-refractivity contribution < 1.29 is 18.6 Å². The van der Waals surface area contributed by atoms with E-state index in [1.807, 2.05) is 0 Å². The molecule has 2 aliphatic carbocycles. The molecule has 3 atom stereocenters. The van der Waals surface area contributed by atoms with Crippen molar-refractivity contribution in [3.05, 3.63) is 42.6 Å². The van der Waals surface area contributed by atoms with Crippen molar-refractivity contribution in [3.63, 3.8) is 0 Å². The maximum Gasteiger partial charge on any atom is 0.255 e. The molecule has 2 aliphatic rings. The molecule has 5 rings (SSSR count). The molecule has 1 N–H and O–H groups in total. The molecule has 0 bridgehead atoms. The number of ether oxygens (including phenoxy) is 1. The highest BCUT2D eigenvalue weighted by Gasteiger charge is 2.41. The van der Waals surface area contributed by atoms with Gasteiger partial charge in [-0.05, 0) is 61.8 Å².